The average molecular weight is 264 g/mol. The van der Waals surface area contributed by atoms with Gasteiger partial charge < -0.3 is 9.88 Å². The van der Waals surface area contributed by atoms with Crippen LogP contribution < -0.4 is 5.32 Å². The highest BCUT2D eigenvalue weighted by Crippen LogP contribution is 2.18. The Labute approximate surface area is 120 Å². The Morgan fingerprint density at radius 3 is 2.70 bits per heavy atom. The quantitative estimate of drug-likeness (QED) is 0.740. The van der Waals surface area contributed by atoms with Gasteiger partial charge in [0.25, 0.3) is 0 Å². The number of anilines is 1. The fraction of sp³-hybridized carbons (Fsp3) is 0.222. The average Bonchev–Trinajstić information content (AvgIpc) is 2.83. The van der Waals surface area contributed by atoms with Gasteiger partial charge in [-0.1, -0.05) is 30.3 Å². The molecule has 3 rings (SSSR count). The summed E-state index contributed by atoms with van der Waals surface area (Å²) in [7, 11) is 0. The van der Waals surface area contributed by atoms with Gasteiger partial charge >= 0.3 is 0 Å². The summed E-state index contributed by atoms with van der Waals surface area (Å²) in [6, 6.07) is 17.2. The Morgan fingerprint density at radius 2 is 1.85 bits per heavy atom. The fourth-order valence-electron chi connectivity index (χ4n) is 2.57. The predicted molar refractivity (Wildman–Crippen MR) is 86.3 cm³/mol. The van der Waals surface area contributed by atoms with Crippen molar-refractivity contribution < 1.29 is 0 Å². The van der Waals surface area contributed by atoms with E-state index in [4.69, 9.17) is 0 Å². The SMILES string of the molecule is Cc1ccc2ccn(CCNc3ccccc3C)c2c1. The normalized spacial score (nSPS) is 10.9. The summed E-state index contributed by atoms with van der Waals surface area (Å²) < 4.78 is 2.31. The Morgan fingerprint density at radius 1 is 1.00 bits per heavy atom. The highest BCUT2D eigenvalue weighted by Gasteiger charge is 2.01. The number of aromatic nitrogens is 1. The molecule has 0 amide bonds. The van der Waals surface area contributed by atoms with E-state index in [0.29, 0.717) is 0 Å². The molecule has 1 aromatic heterocycles. The largest absolute Gasteiger partial charge is 0.383 e. The van der Waals surface area contributed by atoms with Crippen LogP contribution in [0, 0.1) is 13.8 Å². The summed E-state index contributed by atoms with van der Waals surface area (Å²) in [6.07, 6.45) is 2.17. The van der Waals surface area contributed by atoms with E-state index >= 15 is 0 Å². The van der Waals surface area contributed by atoms with Crippen LogP contribution in [-0.4, -0.2) is 11.1 Å². The van der Waals surface area contributed by atoms with Crippen molar-refractivity contribution in [3.05, 3.63) is 65.9 Å². The third kappa shape index (κ3) is 2.55. The van der Waals surface area contributed by atoms with Crippen molar-refractivity contribution in [2.75, 3.05) is 11.9 Å². The lowest BCUT2D eigenvalue weighted by molar-refractivity contribution is 0.757. The van der Waals surface area contributed by atoms with Crippen molar-refractivity contribution in [3.63, 3.8) is 0 Å². The molecule has 1 heterocycles. The Hall–Kier alpha value is -2.22. The van der Waals surface area contributed by atoms with Gasteiger partial charge in [0.1, 0.15) is 0 Å². The summed E-state index contributed by atoms with van der Waals surface area (Å²) >= 11 is 0. The second-order valence-electron chi connectivity index (χ2n) is 5.31. The Kier molecular flexibility index (Phi) is 3.46. The first-order valence-corrected chi connectivity index (χ1v) is 7.09. The van der Waals surface area contributed by atoms with E-state index in [2.05, 4.69) is 78.5 Å². The minimum atomic E-state index is 0.933. The standard InChI is InChI=1S/C18H20N2/c1-14-7-8-16-9-11-20(18(16)13-14)12-10-19-17-6-4-3-5-15(17)2/h3-9,11,13,19H,10,12H2,1-2H3. The van der Waals surface area contributed by atoms with E-state index in [0.717, 1.165) is 13.1 Å². The zero-order chi connectivity index (χ0) is 13.9. The van der Waals surface area contributed by atoms with Gasteiger partial charge in [0.2, 0.25) is 0 Å². The van der Waals surface area contributed by atoms with Crippen LogP contribution in [-0.2, 0) is 6.54 Å². The number of benzene rings is 2. The predicted octanol–water partition coefficient (Wildman–Crippen LogP) is 4.37. The molecule has 0 aliphatic rings. The molecule has 0 spiro atoms. The first kappa shape index (κ1) is 12.8. The lowest BCUT2D eigenvalue weighted by atomic mass is 10.2. The second kappa shape index (κ2) is 5.41. The van der Waals surface area contributed by atoms with Crippen LogP contribution in [0.15, 0.2) is 54.7 Å². The molecule has 2 aromatic carbocycles. The maximum atomic E-state index is 3.51. The summed E-state index contributed by atoms with van der Waals surface area (Å²) in [5, 5.41) is 4.82. The molecule has 0 radical (unpaired) electrons. The third-order valence-corrected chi connectivity index (χ3v) is 3.74. The lowest BCUT2D eigenvalue weighted by Crippen LogP contribution is -2.10. The molecule has 3 aromatic rings. The Bertz CT molecular complexity index is 725. The number of aryl methyl sites for hydroxylation is 2. The maximum absolute atomic E-state index is 3.51. The monoisotopic (exact) mass is 264 g/mol. The first-order chi connectivity index (χ1) is 9.74. The van der Waals surface area contributed by atoms with Crippen molar-refractivity contribution in [2.45, 2.75) is 20.4 Å². The molecule has 102 valence electrons. The van der Waals surface area contributed by atoms with Gasteiger partial charge in [-0.25, -0.2) is 0 Å². The van der Waals surface area contributed by atoms with E-state index in [1.54, 1.807) is 0 Å². The van der Waals surface area contributed by atoms with Gasteiger partial charge in [-0.3, -0.25) is 0 Å². The maximum Gasteiger partial charge on any atom is 0.0483 e. The highest BCUT2D eigenvalue weighted by molar-refractivity contribution is 5.80. The van der Waals surface area contributed by atoms with Gasteiger partial charge in [-0.15, -0.1) is 0 Å². The van der Waals surface area contributed by atoms with Crippen LogP contribution in [0.25, 0.3) is 10.9 Å². The van der Waals surface area contributed by atoms with Gasteiger partial charge in [0.15, 0.2) is 0 Å². The minimum absolute atomic E-state index is 0.933. The van der Waals surface area contributed by atoms with Gasteiger partial charge in [-0.05, 0) is 48.6 Å². The van der Waals surface area contributed by atoms with Crippen molar-refractivity contribution in [3.8, 4) is 0 Å². The number of nitrogens with zero attached hydrogens (tertiary/aromatic N) is 1. The first-order valence-electron chi connectivity index (χ1n) is 7.09. The minimum Gasteiger partial charge on any atom is -0.383 e. The highest BCUT2D eigenvalue weighted by atomic mass is 15.0. The van der Waals surface area contributed by atoms with Crippen molar-refractivity contribution in [1.29, 1.82) is 0 Å². The number of fused-ring (bicyclic) bond motifs is 1. The van der Waals surface area contributed by atoms with Crippen LogP contribution in [0.2, 0.25) is 0 Å². The van der Waals surface area contributed by atoms with Gasteiger partial charge in [-0.2, -0.15) is 0 Å². The van der Waals surface area contributed by atoms with Crippen LogP contribution in [0.5, 0.6) is 0 Å². The number of para-hydroxylation sites is 1. The molecule has 0 bridgehead atoms. The topological polar surface area (TPSA) is 17.0 Å². The van der Waals surface area contributed by atoms with Gasteiger partial charge in [0, 0.05) is 30.5 Å². The zero-order valence-electron chi connectivity index (χ0n) is 12.1. The van der Waals surface area contributed by atoms with Crippen LogP contribution in [0.3, 0.4) is 0 Å². The molecule has 1 N–H and O–H groups in total. The summed E-state index contributed by atoms with van der Waals surface area (Å²) in [4.78, 5) is 0. The summed E-state index contributed by atoms with van der Waals surface area (Å²) in [5.41, 5.74) is 5.14. The number of nitrogens with one attached hydrogen (secondary N) is 1. The number of hydrogen-bond donors (Lipinski definition) is 1. The van der Waals surface area contributed by atoms with E-state index in [9.17, 15) is 0 Å². The molecule has 2 heteroatoms. The molecular weight excluding hydrogens is 244 g/mol. The van der Waals surface area contributed by atoms with E-state index in [1.807, 2.05) is 0 Å². The van der Waals surface area contributed by atoms with Crippen molar-refractivity contribution in [2.24, 2.45) is 0 Å². The van der Waals surface area contributed by atoms with Crippen molar-refractivity contribution >= 4 is 16.6 Å². The lowest BCUT2D eigenvalue weighted by Gasteiger charge is -2.11. The van der Waals surface area contributed by atoms with E-state index in [1.165, 1.54) is 27.7 Å². The Balaban J connectivity index is 1.71. The van der Waals surface area contributed by atoms with Crippen LogP contribution in [0.1, 0.15) is 11.1 Å². The smallest absolute Gasteiger partial charge is 0.0483 e. The second-order valence-corrected chi connectivity index (χ2v) is 5.31. The van der Waals surface area contributed by atoms with Crippen LogP contribution >= 0.6 is 0 Å². The van der Waals surface area contributed by atoms with Crippen LogP contribution in [0.4, 0.5) is 5.69 Å². The zero-order valence-corrected chi connectivity index (χ0v) is 12.1. The van der Waals surface area contributed by atoms with Gasteiger partial charge in [0.05, 0.1) is 0 Å². The van der Waals surface area contributed by atoms with Crippen molar-refractivity contribution in [1.82, 2.24) is 4.57 Å². The molecule has 0 atom stereocenters. The molecule has 0 unspecified atom stereocenters. The molecule has 0 fully saturated rings. The molecule has 0 saturated carbocycles. The number of rotatable bonds is 4. The summed E-state index contributed by atoms with van der Waals surface area (Å²) in [5.74, 6) is 0. The molecule has 2 nitrogen and oxygen atoms in total. The molecular formula is C18H20N2. The molecule has 0 aliphatic carbocycles. The third-order valence-electron chi connectivity index (χ3n) is 3.74. The molecule has 0 aliphatic heterocycles. The van der Waals surface area contributed by atoms with E-state index < -0.39 is 0 Å². The molecule has 20 heavy (non-hydrogen) atoms. The fourth-order valence-corrected chi connectivity index (χ4v) is 2.57. The number of hydrogen-bond acceptors (Lipinski definition) is 1. The molecule has 0 saturated heterocycles. The summed E-state index contributed by atoms with van der Waals surface area (Å²) in [6.45, 7) is 6.18. The van der Waals surface area contributed by atoms with E-state index in [-0.39, 0.29) is 0 Å².